The summed E-state index contributed by atoms with van der Waals surface area (Å²) in [5, 5.41) is 23.6. The number of rotatable bonds is 8. The quantitative estimate of drug-likeness (QED) is 0.390. The number of nitrogens with one attached hydrogen (secondary N) is 1. The van der Waals surface area contributed by atoms with Crippen LogP contribution in [0, 0.1) is 0 Å². The van der Waals surface area contributed by atoms with Gasteiger partial charge in [-0.25, -0.2) is 0 Å². The van der Waals surface area contributed by atoms with Crippen LogP contribution in [0.1, 0.15) is 35.7 Å². The lowest BCUT2D eigenvalue weighted by Crippen LogP contribution is -2.56. The van der Waals surface area contributed by atoms with E-state index in [0.29, 0.717) is 26.2 Å². The zero-order chi connectivity index (χ0) is 26.4. The number of hydrogen-bond donors (Lipinski definition) is 3. The molecule has 7 nitrogen and oxygen atoms in total. The van der Waals surface area contributed by atoms with Gasteiger partial charge in [-0.2, -0.15) is 0 Å². The highest BCUT2D eigenvalue weighted by atomic mass is 79.9. The number of carbonyl (C=O) groups is 2. The van der Waals surface area contributed by atoms with Crippen molar-refractivity contribution < 1.29 is 19.8 Å². The fourth-order valence-corrected chi connectivity index (χ4v) is 4.95. The van der Waals surface area contributed by atoms with E-state index in [1.165, 1.54) is 16.0 Å². The monoisotopic (exact) mass is 565 g/mol. The average molecular weight is 566 g/mol. The second-order valence-electron chi connectivity index (χ2n) is 9.26. The first kappa shape index (κ1) is 27.0. The van der Waals surface area contributed by atoms with Crippen LogP contribution >= 0.6 is 15.9 Å². The summed E-state index contributed by atoms with van der Waals surface area (Å²) in [6.45, 7) is 3.73. The molecule has 194 valence electrons. The fraction of sp³-hybridized carbons (Fsp3) is 0.310. The molecule has 0 unspecified atom stereocenters. The summed E-state index contributed by atoms with van der Waals surface area (Å²) in [6, 6.07) is 27.5. The summed E-state index contributed by atoms with van der Waals surface area (Å²) in [5.41, 5.74) is 3.17. The molecule has 3 aromatic carbocycles. The van der Waals surface area contributed by atoms with E-state index in [-0.39, 0.29) is 6.04 Å². The molecule has 1 aliphatic heterocycles. The highest BCUT2D eigenvalue weighted by Crippen LogP contribution is 2.29. The Labute approximate surface area is 225 Å². The van der Waals surface area contributed by atoms with E-state index in [2.05, 4.69) is 50.4 Å². The number of amides is 2. The largest absolute Gasteiger partial charge is 0.380 e. The molecule has 3 N–H and O–H groups in total. The molecule has 1 saturated heterocycles. The minimum Gasteiger partial charge on any atom is -0.380 e. The van der Waals surface area contributed by atoms with Gasteiger partial charge in [0, 0.05) is 30.7 Å². The summed E-state index contributed by atoms with van der Waals surface area (Å²) in [7, 11) is 0. The molecule has 0 radical (unpaired) electrons. The molecule has 1 aliphatic rings. The predicted molar refractivity (Wildman–Crippen MR) is 146 cm³/mol. The van der Waals surface area contributed by atoms with E-state index in [0.717, 1.165) is 10.0 Å². The molecule has 0 saturated carbocycles. The van der Waals surface area contributed by atoms with Crippen LogP contribution in [-0.2, 0) is 9.59 Å². The highest BCUT2D eigenvalue weighted by molar-refractivity contribution is 9.10. The van der Waals surface area contributed by atoms with E-state index >= 15 is 0 Å². The number of carbonyl (C=O) groups excluding carboxylic acids is 2. The summed E-state index contributed by atoms with van der Waals surface area (Å²) in [4.78, 5) is 29.4. The standard InChI is InChI=1S/C29H32BrN3O4/c1-20(21-12-14-24(30)15-13-21)31-28(36)26(34)27(35)29(37)33-18-16-32(17-19-33)25(22-8-4-2-5-9-22)23-10-6-3-7-11-23/h2-15,20,25-27,34-35H,16-19H2,1H3,(H,31,36)/t20-,26+,27+/m0/s1. The van der Waals surface area contributed by atoms with Crippen molar-refractivity contribution in [2.45, 2.75) is 31.2 Å². The van der Waals surface area contributed by atoms with Gasteiger partial charge in [0.15, 0.2) is 12.2 Å². The lowest BCUT2D eigenvalue weighted by molar-refractivity contribution is -0.154. The summed E-state index contributed by atoms with van der Waals surface area (Å²) in [5.74, 6) is -1.43. The third-order valence-electron chi connectivity index (χ3n) is 6.77. The zero-order valence-corrected chi connectivity index (χ0v) is 22.3. The van der Waals surface area contributed by atoms with Crippen LogP contribution in [0.2, 0.25) is 0 Å². The Hall–Kier alpha value is -3.04. The highest BCUT2D eigenvalue weighted by Gasteiger charge is 2.36. The molecule has 0 spiro atoms. The minimum atomic E-state index is -1.86. The van der Waals surface area contributed by atoms with Crippen LogP contribution in [0.5, 0.6) is 0 Å². The first-order chi connectivity index (χ1) is 17.8. The normalized spacial score (nSPS) is 16.7. The van der Waals surface area contributed by atoms with E-state index in [1.54, 1.807) is 6.92 Å². The Balaban J connectivity index is 1.36. The topological polar surface area (TPSA) is 93.1 Å². The van der Waals surface area contributed by atoms with Gasteiger partial charge in [0.1, 0.15) is 0 Å². The summed E-state index contributed by atoms with van der Waals surface area (Å²) >= 11 is 3.37. The smallest absolute Gasteiger partial charge is 0.254 e. The molecule has 1 fully saturated rings. The number of aliphatic hydroxyl groups is 2. The number of nitrogens with zero attached hydrogens (tertiary/aromatic N) is 2. The maximum Gasteiger partial charge on any atom is 0.254 e. The van der Waals surface area contributed by atoms with Gasteiger partial charge in [-0.3, -0.25) is 14.5 Å². The molecular weight excluding hydrogens is 534 g/mol. The number of hydrogen-bond acceptors (Lipinski definition) is 5. The molecular formula is C29H32BrN3O4. The average Bonchev–Trinajstić information content (AvgIpc) is 2.94. The van der Waals surface area contributed by atoms with E-state index < -0.39 is 30.1 Å². The molecule has 2 amide bonds. The molecule has 8 heteroatoms. The zero-order valence-electron chi connectivity index (χ0n) is 20.7. The molecule has 3 aromatic rings. The fourth-order valence-electron chi connectivity index (χ4n) is 4.68. The maximum absolute atomic E-state index is 13.0. The van der Waals surface area contributed by atoms with Gasteiger partial charge in [0.25, 0.3) is 11.8 Å². The van der Waals surface area contributed by atoms with Crippen LogP contribution < -0.4 is 5.32 Å². The van der Waals surface area contributed by atoms with Gasteiger partial charge in [0.05, 0.1) is 12.1 Å². The van der Waals surface area contributed by atoms with Crippen LogP contribution in [0.25, 0.3) is 0 Å². The summed E-state index contributed by atoms with van der Waals surface area (Å²) < 4.78 is 0.912. The second-order valence-corrected chi connectivity index (χ2v) is 10.2. The van der Waals surface area contributed by atoms with Crippen LogP contribution in [-0.4, -0.2) is 70.2 Å². The Morgan fingerprint density at radius 2 is 1.27 bits per heavy atom. The third-order valence-corrected chi connectivity index (χ3v) is 7.30. The molecule has 0 aliphatic carbocycles. The van der Waals surface area contributed by atoms with Crippen molar-refractivity contribution in [2.75, 3.05) is 26.2 Å². The molecule has 0 bridgehead atoms. The van der Waals surface area contributed by atoms with Crippen LogP contribution in [0.4, 0.5) is 0 Å². The number of piperazine rings is 1. The molecule has 3 atom stereocenters. The minimum absolute atomic E-state index is 0.0426. The Morgan fingerprint density at radius 1 is 0.757 bits per heavy atom. The molecule has 1 heterocycles. The van der Waals surface area contributed by atoms with Crippen molar-refractivity contribution in [3.05, 3.63) is 106 Å². The van der Waals surface area contributed by atoms with Crippen molar-refractivity contribution >= 4 is 27.7 Å². The lowest BCUT2D eigenvalue weighted by atomic mass is 9.96. The second kappa shape index (κ2) is 12.5. The summed E-state index contributed by atoms with van der Waals surface area (Å²) in [6.07, 6.45) is -3.69. The predicted octanol–water partition coefficient (Wildman–Crippen LogP) is 3.28. The maximum atomic E-state index is 13.0. The van der Waals surface area contributed by atoms with Crippen molar-refractivity contribution in [3.63, 3.8) is 0 Å². The van der Waals surface area contributed by atoms with Gasteiger partial charge in [-0.1, -0.05) is 88.7 Å². The van der Waals surface area contributed by atoms with E-state index in [4.69, 9.17) is 0 Å². The van der Waals surface area contributed by atoms with Crippen molar-refractivity contribution in [2.24, 2.45) is 0 Å². The SMILES string of the molecule is C[C@H](NC(=O)[C@H](O)[C@@H](O)C(=O)N1CCN(C(c2ccccc2)c2ccccc2)CC1)c1ccc(Br)cc1. The van der Waals surface area contributed by atoms with E-state index in [9.17, 15) is 19.8 Å². The lowest BCUT2D eigenvalue weighted by Gasteiger charge is -2.40. The van der Waals surface area contributed by atoms with Gasteiger partial charge < -0.3 is 20.4 Å². The Morgan fingerprint density at radius 3 is 1.78 bits per heavy atom. The molecule has 37 heavy (non-hydrogen) atoms. The van der Waals surface area contributed by atoms with Crippen molar-refractivity contribution in [1.82, 2.24) is 15.1 Å². The number of halogens is 1. The Kier molecular flexibility index (Phi) is 9.10. The van der Waals surface area contributed by atoms with Crippen molar-refractivity contribution in [3.8, 4) is 0 Å². The van der Waals surface area contributed by atoms with Crippen LogP contribution in [0.15, 0.2) is 89.4 Å². The number of aliphatic hydroxyl groups excluding tert-OH is 2. The third kappa shape index (κ3) is 6.64. The van der Waals surface area contributed by atoms with Gasteiger partial charge in [0.2, 0.25) is 0 Å². The first-order valence-electron chi connectivity index (χ1n) is 12.4. The molecule has 4 rings (SSSR count). The van der Waals surface area contributed by atoms with Gasteiger partial charge in [-0.15, -0.1) is 0 Å². The first-order valence-corrected chi connectivity index (χ1v) is 13.2. The van der Waals surface area contributed by atoms with Gasteiger partial charge in [-0.05, 0) is 35.7 Å². The van der Waals surface area contributed by atoms with Gasteiger partial charge >= 0.3 is 0 Å². The van der Waals surface area contributed by atoms with Crippen LogP contribution in [0.3, 0.4) is 0 Å². The molecule has 0 aromatic heterocycles. The Bertz CT molecular complexity index is 1130. The van der Waals surface area contributed by atoms with Crippen molar-refractivity contribution in [1.29, 1.82) is 0 Å². The van der Waals surface area contributed by atoms with E-state index in [1.807, 2.05) is 60.7 Å². The number of benzene rings is 3.